The summed E-state index contributed by atoms with van der Waals surface area (Å²) in [6.45, 7) is 6.43. The van der Waals surface area contributed by atoms with Gasteiger partial charge in [0.2, 0.25) is 0 Å². The van der Waals surface area contributed by atoms with Gasteiger partial charge < -0.3 is 9.88 Å². The maximum Gasteiger partial charge on any atom is 0.0486 e. The molecule has 2 aromatic rings. The van der Waals surface area contributed by atoms with Gasteiger partial charge in [-0.1, -0.05) is 12.1 Å². The average Bonchev–Trinajstić information content (AvgIpc) is 3.09. The first kappa shape index (κ1) is 10.8. The predicted octanol–water partition coefficient (Wildman–Crippen LogP) is 3.22. The molecule has 90 valence electrons. The Kier molecular flexibility index (Phi) is 2.67. The van der Waals surface area contributed by atoms with Crippen molar-refractivity contribution in [3.05, 3.63) is 35.5 Å². The second-order valence-corrected chi connectivity index (χ2v) is 5.12. The van der Waals surface area contributed by atoms with E-state index in [9.17, 15) is 0 Å². The molecule has 0 aliphatic heterocycles. The summed E-state index contributed by atoms with van der Waals surface area (Å²) >= 11 is 0. The van der Waals surface area contributed by atoms with E-state index in [1.54, 1.807) is 0 Å². The van der Waals surface area contributed by atoms with Gasteiger partial charge in [0.25, 0.3) is 0 Å². The lowest BCUT2D eigenvalue weighted by molar-refractivity contribution is 0.686. The molecule has 1 N–H and O–H groups in total. The highest BCUT2D eigenvalue weighted by Crippen LogP contribution is 2.25. The van der Waals surface area contributed by atoms with Crippen LogP contribution in [0, 0.1) is 6.92 Å². The van der Waals surface area contributed by atoms with Crippen molar-refractivity contribution < 1.29 is 0 Å². The molecule has 1 aliphatic carbocycles. The van der Waals surface area contributed by atoms with Gasteiger partial charge in [-0.3, -0.25) is 0 Å². The van der Waals surface area contributed by atoms with Crippen LogP contribution in [-0.2, 0) is 13.1 Å². The molecule has 0 amide bonds. The number of hydrogen-bond acceptors (Lipinski definition) is 1. The van der Waals surface area contributed by atoms with E-state index < -0.39 is 0 Å². The lowest BCUT2D eigenvalue weighted by atomic mass is 10.1. The van der Waals surface area contributed by atoms with Crippen LogP contribution in [0.2, 0.25) is 0 Å². The fraction of sp³-hybridized carbons (Fsp3) is 0.467. The van der Waals surface area contributed by atoms with E-state index >= 15 is 0 Å². The maximum absolute atomic E-state index is 3.60. The summed E-state index contributed by atoms with van der Waals surface area (Å²) in [5, 5.41) is 5.01. The van der Waals surface area contributed by atoms with Crippen molar-refractivity contribution in [2.75, 3.05) is 0 Å². The number of hydrogen-bond donors (Lipinski definition) is 1. The van der Waals surface area contributed by atoms with Crippen molar-refractivity contribution in [2.24, 2.45) is 0 Å². The molecule has 2 nitrogen and oxygen atoms in total. The molecule has 1 aliphatic rings. The van der Waals surface area contributed by atoms with Crippen molar-refractivity contribution in [2.45, 2.75) is 45.8 Å². The van der Waals surface area contributed by atoms with E-state index in [-0.39, 0.29) is 0 Å². The van der Waals surface area contributed by atoms with Gasteiger partial charge in [0.1, 0.15) is 0 Å². The normalized spacial score (nSPS) is 15.6. The first-order valence-corrected chi connectivity index (χ1v) is 6.59. The van der Waals surface area contributed by atoms with Gasteiger partial charge in [0.15, 0.2) is 0 Å². The molecular formula is C15H20N2. The highest BCUT2D eigenvalue weighted by Gasteiger charge is 2.20. The first-order chi connectivity index (χ1) is 8.28. The molecule has 0 bridgehead atoms. The van der Waals surface area contributed by atoms with Crippen LogP contribution in [0.15, 0.2) is 24.4 Å². The van der Waals surface area contributed by atoms with Crippen LogP contribution in [0.25, 0.3) is 10.9 Å². The van der Waals surface area contributed by atoms with Gasteiger partial charge in [-0.2, -0.15) is 0 Å². The maximum atomic E-state index is 3.60. The molecule has 3 rings (SSSR count). The zero-order valence-electron chi connectivity index (χ0n) is 10.7. The van der Waals surface area contributed by atoms with E-state index in [0.717, 1.165) is 19.1 Å². The minimum Gasteiger partial charge on any atom is -0.347 e. The van der Waals surface area contributed by atoms with E-state index in [1.807, 2.05) is 0 Å². The highest BCUT2D eigenvalue weighted by atomic mass is 15.0. The topological polar surface area (TPSA) is 17.0 Å². The summed E-state index contributed by atoms with van der Waals surface area (Å²) in [7, 11) is 0. The molecular weight excluding hydrogens is 208 g/mol. The van der Waals surface area contributed by atoms with E-state index in [2.05, 4.69) is 48.1 Å². The lowest BCUT2D eigenvalue weighted by Gasteiger charge is -2.01. The summed E-state index contributed by atoms with van der Waals surface area (Å²) < 4.78 is 2.35. The van der Waals surface area contributed by atoms with Crippen LogP contribution in [0.4, 0.5) is 0 Å². The summed E-state index contributed by atoms with van der Waals surface area (Å²) in [6.07, 6.45) is 5.01. The number of aromatic nitrogens is 1. The van der Waals surface area contributed by atoms with Crippen LogP contribution in [-0.4, -0.2) is 10.6 Å². The monoisotopic (exact) mass is 228 g/mol. The van der Waals surface area contributed by atoms with E-state index in [0.29, 0.717) is 0 Å². The SMILES string of the molecule is CCn1cc(CNC2CC2)c2ccc(C)cc21. The van der Waals surface area contributed by atoms with Crippen LogP contribution < -0.4 is 5.32 Å². The van der Waals surface area contributed by atoms with Gasteiger partial charge >= 0.3 is 0 Å². The minimum atomic E-state index is 0.778. The quantitative estimate of drug-likeness (QED) is 0.850. The fourth-order valence-corrected chi connectivity index (χ4v) is 2.42. The standard InChI is InChI=1S/C15H20N2/c1-3-17-10-12(9-16-13-5-6-13)14-7-4-11(2)8-15(14)17/h4,7-8,10,13,16H,3,5-6,9H2,1-2H3. The third-order valence-electron chi connectivity index (χ3n) is 3.62. The van der Waals surface area contributed by atoms with Crippen LogP contribution in [0.5, 0.6) is 0 Å². The van der Waals surface area contributed by atoms with Gasteiger partial charge in [0, 0.05) is 36.2 Å². The second-order valence-electron chi connectivity index (χ2n) is 5.12. The smallest absolute Gasteiger partial charge is 0.0486 e. The van der Waals surface area contributed by atoms with E-state index in [4.69, 9.17) is 0 Å². The Morgan fingerprint density at radius 1 is 1.35 bits per heavy atom. The van der Waals surface area contributed by atoms with Gasteiger partial charge in [0.05, 0.1) is 0 Å². The van der Waals surface area contributed by atoms with Crippen molar-refractivity contribution in [3.8, 4) is 0 Å². The fourth-order valence-electron chi connectivity index (χ4n) is 2.42. The molecule has 0 unspecified atom stereocenters. The molecule has 1 saturated carbocycles. The Hall–Kier alpha value is -1.28. The van der Waals surface area contributed by atoms with Gasteiger partial charge in [-0.05, 0) is 43.9 Å². The summed E-state index contributed by atoms with van der Waals surface area (Å²) in [6, 6.07) is 7.55. The van der Waals surface area contributed by atoms with Crippen LogP contribution >= 0.6 is 0 Å². The molecule has 1 heterocycles. The van der Waals surface area contributed by atoms with Crippen LogP contribution in [0.3, 0.4) is 0 Å². The summed E-state index contributed by atoms with van der Waals surface area (Å²) in [5.41, 5.74) is 4.15. The van der Waals surface area contributed by atoms with Crippen LogP contribution in [0.1, 0.15) is 30.9 Å². The lowest BCUT2D eigenvalue weighted by Crippen LogP contribution is -2.14. The Labute approximate surface area is 103 Å². The largest absolute Gasteiger partial charge is 0.347 e. The Morgan fingerprint density at radius 3 is 2.88 bits per heavy atom. The van der Waals surface area contributed by atoms with Crippen molar-refractivity contribution >= 4 is 10.9 Å². The molecule has 1 fully saturated rings. The Balaban J connectivity index is 1.98. The molecule has 0 atom stereocenters. The molecule has 2 heteroatoms. The predicted molar refractivity (Wildman–Crippen MR) is 72.2 cm³/mol. The summed E-state index contributed by atoms with van der Waals surface area (Å²) in [4.78, 5) is 0. The third kappa shape index (κ3) is 2.09. The number of rotatable bonds is 4. The number of nitrogens with one attached hydrogen (secondary N) is 1. The second kappa shape index (κ2) is 4.19. The number of fused-ring (bicyclic) bond motifs is 1. The average molecular weight is 228 g/mol. The molecule has 0 saturated heterocycles. The molecule has 0 radical (unpaired) electrons. The molecule has 17 heavy (non-hydrogen) atoms. The van der Waals surface area contributed by atoms with Crippen molar-refractivity contribution in [3.63, 3.8) is 0 Å². The third-order valence-corrected chi connectivity index (χ3v) is 3.62. The zero-order chi connectivity index (χ0) is 11.8. The van der Waals surface area contributed by atoms with E-state index in [1.165, 1.54) is 34.9 Å². The Morgan fingerprint density at radius 2 is 2.18 bits per heavy atom. The number of aryl methyl sites for hydroxylation is 2. The molecule has 1 aromatic heterocycles. The molecule has 1 aromatic carbocycles. The highest BCUT2D eigenvalue weighted by molar-refractivity contribution is 5.84. The molecule has 0 spiro atoms. The van der Waals surface area contributed by atoms with Gasteiger partial charge in [-0.25, -0.2) is 0 Å². The number of benzene rings is 1. The first-order valence-electron chi connectivity index (χ1n) is 6.59. The Bertz CT molecular complexity index is 535. The van der Waals surface area contributed by atoms with Gasteiger partial charge in [-0.15, -0.1) is 0 Å². The van der Waals surface area contributed by atoms with Crippen molar-refractivity contribution in [1.29, 1.82) is 0 Å². The zero-order valence-corrected chi connectivity index (χ0v) is 10.7. The summed E-state index contributed by atoms with van der Waals surface area (Å²) in [5.74, 6) is 0. The number of nitrogens with zero attached hydrogens (tertiary/aromatic N) is 1. The van der Waals surface area contributed by atoms with Crippen molar-refractivity contribution in [1.82, 2.24) is 9.88 Å². The minimum absolute atomic E-state index is 0.778.